The highest BCUT2D eigenvalue weighted by atomic mass is 19.1. The molecule has 2 rings (SSSR count). The summed E-state index contributed by atoms with van der Waals surface area (Å²) in [6.45, 7) is 2.47. The third-order valence-electron chi connectivity index (χ3n) is 2.57. The van der Waals surface area contributed by atoms with E-state index < -0.39 is 0 Å². The van der Waals surface area contributed by atoms with Gasteiger partial charge in [0.2, 0.25) is 0 Å². The Morgan fingerprint density at radius 3 is 3.07 bits per heavy atom. The van der Waals surface area contributed by atoms with E-state index in [4.69, 9.17) is 10.5 Å². The molecule has 76 valence electrons. The number of ether oxygens (including phenoxy) is 1. The largest absolute Gasteiger partial charge is 0.371 e. The molecule has 2 N–H and O–H groups in total. The van der Waals surface area contributed by atoms with Gasteiger partial charge < -0.3 is 10.5 Å². The van der Waals surface area contributed by atoms with Crippen LogP contribution in [0.2, 0.25) is 0 Å². The molecular weight excluding hydrogens is 181 g/mol. The van der Waals surface area contributed by atoms with Crippen LogP contribution in [0.3, 0.4) is 0 Å². The van der Waals surface area contributed by atoms with Crippen LogP contribution >= 0.6 is 0 Å². The Balaban J connectivity index is 2.47. The summed E-state index contributed by atoms with van der Waals surface area (Å²) in [7, 11) is 0. The molecule has 0 bridgehead atoms. The van der Waals surface area contributed by atoms with Crippen LogP contribution in [-0.2, 0) is 11.2 Å². The first kappa shape index (κ1) is 9.62. The van der Waals surface area contributed by atoms with Gasteiger partial charge in [0.1, 0.15) is 11.9 Å². The first-order valence-corrected chi connectivity index (χ1v) is 4.84. The summed E-state index contributed by atoms with van der Waals surface area (Å²) in [5.41, 5.74) is 7.43. The van der Waals surface area contributed by atoms with Crippen molar-refractivity contribution in [2.45, 2.75) is 25.5 Å². The van der Waals surface area contributed by atoms with Crippen LogP contribution in [0.5, 0.6) is 0 Å². The minimum atomic E-state index is -0.292. The van der Waals surface area contributed by atoms with Crippen molar-refractivity contribution in [3.63, 3.8) is 0 Å². The molecule has 0 aliphatic carbocycles. The molecule has 0 spiro atoms. The number of benzene rings is 1. The van der Waals surface area contributed by atoms with Gasteiger partial charge in [0.25, 0.3) is 0 Å². The molecule has 0 unspecified atom stereocenters. The molecule has 0 fully saturated rings. The van der Waals surface area contributed by atoms with Crippen LogP contribution in [0, 0.1) is 5.82 Å². The van der Waals surface area contributed by atoms with Crippen molar-refractivity contribution in [2.75, 3.05) is 6.61 Å². The van der Waals surface area contributed by atoms with Crippen molar-refractivity contribution in [1.29, 1.82) is 0 Å². The number of hydrogen-bond acceptors (Lipinski definition) is 2. The fourth-order valence-electron chi connectivity index (χ4n) is 1.91. The average Bonchev–Trinajstić information content (AvgIpc) is 2.17. The zero-order chi connectivity index (χ0) is 10.1. The van der Waals surface area contributed by atoms with Gasteiger partial charge in [-0.3, -0.25) is 0 Å². The van der Waals surface area contributed by atoms with Gasteiger partial charge >= 0.3 is 0 Å². The quantitative estimate of drug-likeness (QED) is 0.741. The molecule has 0 saturated heterocycles. The molecule has 0 radical (unpaired) electrons. The molecule has 1 aromatic carbocycles. The van der Waals surface area contributed by atoms with Crippen LogP contribution < -0.4 is 5.73 Å². The second kappa shape index (κ2) is 3.67. The Kier molecular flexibility index (Phi) is 2.52. The molecule has 2 atom stereocenters. The summed E-state index contributed by atoms with van der Waals surface area (Å²) < 4.78 is 19.0. The van der Waals surface area contributed by atoms with Crippen LogP contribution in [0.15, 0.2) is 18.2 Å². The van der Waals surface area contributed by atoms with Gasteiger partial charge in [-0.2, -0.15) is 0 Å². The summed E-state index contributed by atoms with van der Waals surface area (Å²) in [5, 5.41) is 0. The van der Waals surface area contributed by atoms with Crippen LogP contribution in [0.4, 0.5) is 4.39 Å². The first-order chi connectivity index (χ1) is 6.70. The molecule has 1 aliphatic rings. The van der Waals surface area contributed by atoms with Gasteiger partial charge in [-0.05, 0) is 25.0 Å². The molecular formula is C11H14FNO. The Morgan fingerprint density at radius 1 is 1.57 bits per heavy atom. The van der Waals surface area contributed by atoms with E-state index in [1.54, 1.807) is 6.07 Å². The van der Waals surface area contributed by atoms with Gasteiger partial charge in [0.05, 0.1) is 6.61 Å². The average molecular weight is 195 g/mol. The van der Waals surface area contributed by atoms with Gasteiger partial charge in [0, 0.05) is 11.6 Å². The van der Waals surface area contributed by atoms with E-state index in [9.17, 15) is 4.39 Å². The van der Waals surface area contributed by atoms with Crippen LogP contribution in [0.1, 0.15) is 24.2 Å². The number of halogens is 1. The third kappa shape index (κ3) is 1.53. The standard InChI is InChI=1S/C11H14FNO/c1-7(13)11-10-8(5-6-14-11)3-2-4-9(10)12/h2-4,7,11H,5-6,13H2,1H3/t7-,11-/m1/s1. The fraction of sp³-hybridized carbons (Fsp3) is 0.455. The van der Waals surface area contributed by atoms with E-state index >= 15 is 0 Å². The molecule has 0 amide bonds. The maximum Gasteiger partial charge on any atom is 0.129 e. The molecule has 2 nitrogen and oxygen atoms in total. The smallest absolute Gasteiger partial charge is 0.129 e. The molecule has 14 heavy (non-hydrogen) atoms. The predicted octanol–water partition coefficient (Wildman–Crippen LogP) is 1.79. The molecule has 0 aromatic heterocycles. The van der Waals surface area contributed by atoms with E-state index in [0.717, 1.165) is 12.0 Å². The van der Waals surface area contributed by atoms with E-state index in [0.29, 0.717) is 12.2 Å². The highest BCUT2D eigenvalue weighted by Gasteiger charge is 2.26. The summed E-state index contributed by atoms with van der Waals surface area (Å²) in [6, 6.07) is 4.96. The second-order valence-electron chi connectivity index (χ2n) is 3.71. The Bertz CT molecular complexity index is 338. The predicted molar refractivity (Wildman–Crippen MR) is 52.4 cm³/mol. The molecule has 3 heteroatoms. The highest BCUT2D eigenvalue weighted by Crippen LogP contribution is 2.30. The van der Waals surface area contributed by atoms with Gasteiger partial charge in [-0.1, -0.05) is 12.1 Å². The summed E-state index contributed by atoms with van der Waals surface area (Å²) in [6.07, 6.45) is 0.482. The summed E-state index contributed by atoms with van der Waals surface area (Å²) in [5.74, 6) is -0.204. The zero-order valence-corrected chi connectivity index (χ0v) is 8.16. The monoisotopic (exact) mass is 195 g/mol. The fourth-order valence-corrected chi connectivity index (χ4v) is 1.91. The van der Waals surface area contributed by atoms with Gasteiger partial charge in [0.15, 0.2) is 0 Å². The number of rotatable bonds is 1. The number of fused-ring (bicyclic) bond motifs is 1. The second-order valence-corrected chi connectivity index (χ2v) is 3.71. The van der Waals surface area contributed by atoms with Gasteiger partial charge in [-0.25, -0.2) is 4.39 Å². The number of nitrogens with two attached hydrogens (primary N) is 1. The lowest BCUT2D eigenvalue weighted by Gasteiger charge is -2.28. The molecule has 0 saturated carbocycles. The van der Waals surface area contributed by atoms with E-state index in [-0.39, 0.29) is 18.0 Å². The lowest BCUT2D eigenvalue weighted by Crippen LogP contribution is -2.31. The van der Waals surface area contributed by atoms with Crippen molar-refractivity contribution in [2.24, 2.45) is 5.73 Å². The van der Waals surface area contributed by atoms with Crippen molar-refractivity contribution >= 4 is 0 Å². The Labute approximate surface area is 82.9 Å². The van der Waals surface area contributed by atoms with E-state index in [2.05, 4.69) is 0 Å². The molecule has 1 aromatic rings. The highest BCUT2D eigenvalue weighted by molar-refractivity contribution is 5.33. The lowest BCUT2D eigenvalue weighted by atomic mass is 9.94. The topological polar surface area (TPSA) is 35.2 Å². The maximum atomic E-state index is 13.5. The van der Waals surface area contributed by atoms with Crippen molar-refractivity contribution < 1.29 is 9.13 Å². The lowest BCUT2D eigenvalue weighted by molar-refractivity contribution is 0.0257. The minimum absolute atomic E-state index is 0.175. The first-order valence-electron chi connectivity index (χ1n) is 4.84. The van der Waals surface area contributed by atoms with E-state index in [1.807, 2.05) is 13.0 Å². The van der Waals surface area contributed by atoms with Crippen molar-refractivity contribution in [1.82, 2.24) is 0 Å². The maximum absolute atomic E-state index is 13.5. The van der Waals surface area contributed by atoms with Crippen molar-refractivity contribution in [3.8, 4) is 0 Å². The SMILES string of the molecule is C[C@@H](N)[C@H]1OCCc2cccc(F)c21. The van der Waals surface area contributed by atoms with Gasteiger partial charge in [-0.15, -0.1) is 0 Å². The molecule has 1 heterocycles. The molecule has 1 aliphatic heterocycles. The van der Waals surface area contributed by atoms with Crippen LogP contribution in [0.25, 0.3) is 0 Å². The normalized spacial score (nSPS) is 22.9. The third-order valence-corrected chi connectivity index (χ3v) is 2.57. The van der Waals surface area contributed by atoms with Crippen molar-refractivity contribution in [3.05, 3.63) is 35.1 Å². The zero-order valence-electron chi connectivity index (χ0n) is 8.16. The summed E-state index contributed by atoms with van der Waals surface area (Å²) in [4.78, 5) is 0. The van der Waals surface area contributed by atoms with Crippen LogP contribution in [-0.4, -0.2) is 12.6 Å². The Hall–Kier alpha value is -0.930. The minimum Gasteiger partial charge on any atom is -0.371 e. The number of hydrogen-bond donors (Lipinski definition) is 1. The summed E-state index contributed by atoms with van der Waals surface area (Å²) >= 11 is 0. The van der Waals surface area contributed by atoms with E-state index in [1.165, 1.54) is 6.07 Å². The Morgan fingerprint density at radius 2 is 2.36 bits per heavy atom.